The highest BCUT2D eigenvalue weighted by atomic mass is 16.5. The number of aliphatic hydroxyl groups is 1. The Labute approximate surface area is 126 Å². The Morgan fingerprint density at radius 3 is 2.43 bits per heavy atom. The Balaban J connectivity index is 2.03. The van der Waals surface area contributed by atoms with Gasteiger partial charge in [-0.3, -0.25) is 0 Å². The molecule has 0 heterocycles. The van der Waals surface area contributed by atoms with E-state index in [1.165, 1.54) is 5.56 Å². The van der Waals surface area contributed by atoms with Crippen LogP contribution in [0.3, 0.4) is 0 Å². The van der Waals surface area contributed by atoms with Crippen LogP contribution in [0.15, 0.2) is 48.5 Å². The van der Waals surface area contributed by atoms with Crippen LogP contribution in [-0.4, -0.2) is 18.3 Å². The van der Waals surface area contributed by atoms with Gasteiger partial charge in [0.05, 0.1) is 18.8 Å². The van der Waals surface area contributed by atoms with Crippen LogP contribution in [0.5, 0.6) is 5.75 Å². The number of aryl methyl sites for hydroxylation is 1. The summed E-state index contributed by atoms with van der Waals surface area (Å²) in [6.07, 6.45) is 0.556. The van der Waals surface area contributed by atoms with Gasteiger partial charge in [0.1, 0.15) is 5.75 Å². The van der Waals surface area contributed by atoms with Gasteiger partial charge in [-0.2, -0.15) is 0 Å². The highest BCUT2D eigenvalue weighted by Gasteiger charge is 2.26. The molecule has 2 aromatic rings. The van der Waals surface area contributed by atoms with E-state index in [1.54, 1.807) is 0 Å². The first-order chi connectivity index (χ1) is 10.1. The molecule has 0 aliphatic rings. The summed E-state index contributed by atoms with van der Waals surface area (Å²) >= 11 is 0. The third-order valence-corrected chi connectivity index (χ3v) is 3.99. The summed E-state index contributed by atoms with van der Waals surface area (Å²) in [7, 11) is 0. The number of hydrogen-bond acceptors (Lipinski definition) is 3. The zero-order chi connectivity index (χ0) is 15.3. The van der Waals surface area contributed by atoms with Gasteiger partial charge >= 0.3 is 0 Å². The summed E-state index contributed by atoms with van der Waals surface area (Å²) in [6.45, 7) is 4.47. The van der Waals surface area contributed by atoms with E-state index in [2.05, 4.69) is 13.0 Å². The lowest BCUT2D eigenvalue weighted by Gasteiger charge is -2.28. The molecule has 1 unspecified atom stereocenters. The van der Waals surface area contributed by atoms with Crippen molar-refractivity contribution in [2.24, 2.45) is 5.73 Å². The van der Waals surface area contributed by atoms with Gasteiger partial charge in [0.25, 0.3) is 0 Å². The zero-order valence-electron chi connectivity index (χ0n) is 12.7. The Bertz CT molecular complexity index is 583. The SMILES string of the molecule is Cc1cccc(OCCC(N)(CO)c2ccccc2)c1C. The van der Waals surface area contributed by atoms with E-state index in [0.717, 1.165) is 16.9 Å². The molecule has 0 aliphatic carbocycles. The standard InChI is InChI=1S/C18H23NO2/c1-14-7-6-10-17(15(14)2)21-12-11-18(19,13-20)16-8-4-3-5-9-16/h3-10,20H,11-13,19H2,1-2H3. The number of rotatable bonds is 6. The van der Waals surface area contributed by atoms with Crippen LogP contribution in [0.2, 0.25) is 0 Å². The van der Waals surface area contributed by atoms with Crippen molar-refractivity contribution in [3.8, 4) is 5.75 Å². The van der Waals surface area contributed by atoms with Crippen molar-refractivity contribution in [2.75, 3.05) is 13.2 Å². The van der Waals surface area contributed by atoms with Crippen molar-refractivity contribution in [3.05, 3.63) is 65.2 Å². The lowest BCUT2D eigenvalue weighted by atomic mass is 9.89. The maximum Gasteiger partial charge on any atom is 0.122 e. The molecule has 2 rings (SSSR count). The second-order valence-electron chi connectivity index (χ2n) is 5.48. The molecule has 3 heteroatoms. The summed E-state index contributed by atoms with van der Waals surface area (Å²) in [5.74, 6) is 0.878. The molecule has 0 aliphatic heterocycles. The second kappa shape index (κ2) is 6.74. The Kier molecular flexibility index (Phi) is 4.99. The van der Waals surface area contributed by atoms with Gasteiger partial charge in [0.15, 0.2) is 0 Å². The molecule has 0 amide bonds. The molecule has 3 nitrogen and oxygen atoms in total. The number of ether oxygens (including phenoxy) is 1. The number of benzene rings is 2. The summed E-state index contributed by atoms with van der Waals surface area (Å²) in [5.41, 5.74) is 8.83. The number of aliphatic hydroxyl groups excluding tert-OH is 1. The molecular weight excluding hydrogens is 262 g/mol. The molecular formula is C18H23NO2. The van der Waals surface area contributed by atoms with Gasteiger partial charge in [0.2, 0.25) is 0 Å². The summed E-state index contributed by atoms with van der Waals surface area (Å²) < 4.78 is 5.85. The molecule has 112 valence electrons. The largest absolute Gasteiger partial charge is 0.493 e. The minimum Gasteiger partial charge on any atom is -0.493 e. The van der Waals surface area contributed by atoms with Gasteiger partial charge in [-0.1, -0.05) is 42.5 Å². The predicted octanol–water partition coefficient (Wildman–Crippen LogP) is 2.92. The average molecular weight is 285 g/mol. The predicted molar refractivity (Wildman–Crippen MR) is 85.4 cm³/mol. The van der Waals surface area contributed by atoms with E-state index in [9.17, 15) is 5.11 Å². The molecule has 21 heavy (non-hydrogen) atoms. The van der Waals surface area contributed by atoms with Crippen molar-refractivity contribution >= 4 is 0 Å². The van der Waals surface area contributed by atoms with Crippen molar-refractivity contribution in [1.29, 1.82) is 0 Å². The molecule has 0 aromatic heterocycles. The number of nitrogens with two attached hydrogens (primary N) is 1. The quantitative estimate of drug-likeness (QED) is 0.858. The van der Waals surface area contributed by atoms with E-state index in [4.69, 9.17) is 10.5 Å². The monoisotopic (exact) mass is 285 g/mol. The van der Waals surface area contributed by atoms with E-state index >= 15 is 0 Å². The van der Waals surface area contributed by atoms with Crippen LogP contribution in [0.25, 0.3) is 0 Å². The van der Waals surface area contributed by atoms with Gasteiger partial charge < -0.3 is 15.6 Å². The van der Waals surface area contributed by atoms with E-state index in [-0.39, 0.29) is 6.61 Å². The lowest BCUT2D eigenvalue weighted by molar-refractivity contribution is 0.162. The lowest BCUT2D eigenvalue weighted by Crippen LogP contribution is -2.41. The molecule has 3 N–H and O–H groups in total. The molecule has 0 fully saturated rings. The smallest absolute Gasteiger partial charge is 0.122 e. The van der Waals surface area contributed by atoms with Gasteiger partial charge in [-0.05, 0) is 36.6 Å². The maximum atomic E-state index is 9.65. The summed E-state index contributed by atoms with van der Waals surface area (Å²) in [6, 6.07) is 15.7. The van der Waals surface area contributed by atoms with Gasteiger partial charge in [0, 0.05) is 6.42 Å². The van der Waals surface area contributed by atoms with Gasteiger partial charge in [-0.15, -0.1) is 0 Å². The van der Waals surface area contributed by atoms with E-state index < -0.39 is 5.54 Å². The van der Waals surface area contributed by atoms with Crippen molar-refractivity contribution in [3.63, 3.8) is 0 Å². The van der Waals surface area contributed by atoms with E-state index in [0.29, 0.717) is 13.0 Å². The number of hydrogen-bond donors (Lipinski definition) is 2. The van der Waals surface area contributed by atoms with Crippen LogP contribution in [0, 0.1) is 13.8 Å². The van der Waals surface area contributed by atoms with Crippen LogP contribution in [-0.2, 0) is 5.54 Å². The summed E-state index contributed by atoms with van der Waals surface area (Å²) in [5, 5.41) is 9.65. The maximum absolute atomic E-state index is 9.65. The summed E-state index contributed by atoms with van der Waals surface area (Å²) in [4.78, 5) is 0. The zero-order valence-corrected chi connectivity index (χ0v) is 12.7. The minimum atomic E-state index is -0.765. The first kappa shape index (κ1) is 15.5. The Morgan fingerprint density at radius 1 is 1.05 bits per heavy atom. The first-order valence-corrected chi connectivity index (χ1v) is 7.21. The fourth-order valence-electron chi connectivity index (χ4n) is 2.31. The van der Waals surface area contributed by atoms with Crippen LogP contribution < -0.4 is 10.5 Å². The van der Waals surface area contributed by atoms with Crippen molar-refractivity contribution in [1.82, 2.24) is 0 Å². The second-order valence-corrected chi connectivity index (χ2v) is 5.48. The third-order valence-electron chi connectivity index (χ3n) is 3.99. The minimum absolute atomic E-state index is 0.104. The molecule has 1 atom stereocenters. The Hall–Kier alpha value is -1.84. The molecule has 0 saturated carbocycles. The van der Waals surface area contributed by atoms with Crippen molar-refractivity contribution in [2.45, 2.75) is 25.8 Å². The normalized spacial score (nSPS) is 13.7. The molecule has 2 aromatic carbocycles. The highest BCUT2D eigenvalue weighted by Crippen LogP contribution is 2.24. The average Bonchev–Trinajstić information content (AvgIpc) is 2.52. The topological polar surface area (TPSA) is 55.5 Å². The molecule has 0 spiro atoms. The fourth-order valence-corrected chi connectivity index (χ4v) is 2.31. The van der Waals surface area contributed by atoms with Crippen LogP contribution >= 0.6 is 0 Å². The molecule has 0 saturated heterocycles. The van der Waals surface area contributed by atoms with Crippen LogP contribution in [0.1, 0.15) is 23.1 Å². The highest BCUT2D eigenvalue weighted by molar-refractivity contribution is 5.38. The van der Waals surface area contributed by atoms with Crippen LogP contribution in [0.4, 0.5) is 0 Å². The van der Waals surface area contributed by atoms with Gasteiger partial charge in [-0.25, -0.2) is 0 Å². The fraction of sp³-hybridized carbons (Fsp3) is 0.333. The third kappa shape index (κ3) is 3.63. The molecule has 0 radical (unpaired) electrons. The van der Waals surface area contributed by atoms with E-state index in [1.807, 2.05) is 49.4 Å². The molecule has 0 bridgehead atoms. The Morgan fingerprint density at radius 2 is 1.76 bits per heavy atom. The first-order valence-electron chi connectivity index (χ1n) is 7.21. The van der Waals surface area contributed by atoms with Crippen molar-refractivity contribution < 1.29 is 9.84 Å².